The number of nitrogens with one attached hydrogen (secondary N) is 1. The molecule has 2 aliphatic rings. The van der Waals surface area contributed by atoms with E-state index in [4.69, 9.17) is 0 Å². The molecule has 2 fully saturated rings. The lowest BCUT2D eigenvalue weighted by Crippen LogP contribution is -2.52. The molecule has 1 aromatic carbocycles. The highest BCUT2D eigenvalue weighted by atomic mass is 15.0. The van der Waals surface area contributed by atoms with Gasteiger partial charge in [0, 0.05) is 12.0 Å². The summed E-state index contributed by atoms with van der Waals surface area (Å²) in [6.45, 7) is 0.816. The zero-order valence-electron chi connectivity index (χ0n) is 11.5. The summed E-state index contributed by atoms with van der Waals surface area (Å²) < 4.78 is 0. The van der Waals surface area contributed by atoms with Crippen molar-refractivity contribution in [3.63, 3.8) is 0 Å². The monoisotopic (exact) mass is 254 g/mol. The van der Waals surface area contributed by atoms with Crippen LogP contribution < -0.4 is 5.32 Å². The fourth-order valence-electron chi connectivity index (χ4n) is 4.24. The summed E-state index contributed by atoms with van der Waals surface area (Å²) in [5.41, 5.74) is 1.26. The second-order valence-corrected chi connectivity index (χ2v) is 6.20. The molecule has 0 heterocycles. The largest absolute Gasteiger partial charge is 0.295 e. The number of rotatable bonds is 3. The topological polar surface area (TPSA) is 35.8 Å². The Morgan fingerprint density at radius 1 is 1.00 bits per heavy atom. The van der Waals surface area contributed by atoms with Crippen molar-refractivity contribution in [2.24, 2.45) is 5.41 Å². The maximum Gasteiger partial charge on any atom is 0.112 e. The molecule has 1 aromatic rings. The Kier molecular flexibility index (Phi) is 3.33. The molecule has 2 heteroatoms. The maximum absolute atomic E-state index is 9.81. The molecule has 19 heavy (non-hydrogen) atoms. The third kappa shape index (κ3) is 2.07. The molecule has 1 unspecified atom stereocenters. The fourth-order valence-corrected chi connectivity index (χ4v) is 4.24. The standard InChI is InChI=1S/C17H22N2/c18-14-17(19-13-15-7-2-1-3-8-15)12-6-11-16(17)9-4-5-10-16/h1-3,7-8,19H,4-6,9-13H2. The minimum atomic E-state index is -0.278. The molecular weight excluding hydrogens is 232 g/mol. The fraction of sp³-hybridized carbons (Fsp3) is 0.588. The van der Waals surface area contributed by atoms with Gasteiger partial charge in [-0.15, -0.1) is 0 Å². The van der Waals surface area contributed by atoms with Gasteiger partial charge in [0.25, 0.3) is 0 Å². The SMILES string of the molecule is N#CC1(NCc2ccccc2)CCCC12CCCC2. The lowest BCUT2D eigenvalue weighted by molar-refractivity contribution is 0.171. The molecule has 0 saturated heterocycles. The number of hydrogen-bond acceptors (Lipinski definition) is 2. The summed E-state index contributed by atoms with van der Waals surface area (Å²) >= 11 is 0. The van der Waals surface area contributed by atoms with Crippen LogP contribution in [-0.4, -0.2) is 5.54 Å². The van der Waals surface area contributed by atoms with Crippen molar-refractivity contribution < 1.29 is 0 Å². The summed E-state index contributed by atoms with van der Waals surface area (Å²) in [6.07, 6.45) is 8.55. The predicted molar refractivity (Wildman–Crippen MR) is 76.4 cm³/mol. The molecule has 2 saturated carbocycles. The lowest BCUT2D eigenvalue weighted by Gasteiger charge is -2.39. The number of nitrogens with zero attached hydrogens (tertiary/aromatic N) is 1. The summed E-state index contributed by atoms with van der Waals surface area (Å²) in [5.74, 6) is 0. The van der Waals surface area contributed by atoms with Crippen molar-refractivity contribution in [2.75, 3.05) is 0 Å². The van der Waals surface area contributed by atoms with E-state index in [9.17, 15) is 5.26 Å². The third-order valence-electron chi connectivity index (χ3n) is 5.30. The molecule has 1 atom stereocenters. The van der Waals surface area contributed by atoms with Crippen LogP contribution in [0.2, 0.25) is 0 Å². The zero-order chi connectivity index (χ0) is 13.2. The molecular formula is C17H22N2. The average molecular weight is 254 g/mol. The lowest BCUT2D eigenvalue weighted by atomic mass is 9.71. The van der Waals surface area contributed by atoms with Gasteiger partial charge in [0.2, 0.25) is 0 Å². The number of nitriles is 1. The van der Waals surface area contributed by atoms with Gasteiger partial charge in [-0.2, -0.15) is 5.26 Å². The normalized spacial score (nSPS) is 28.6. The Hall–Kier alpha value is -1.33. The van der Waals surface area contributed by atoms with Gasteiger partial charge in [0.05, 0.1) is 6.07 Å². The van der Waals surface area contributed by atoms with Crippen LogP contribution in [0.15, 0.2) is 30.3 Å². The Labute approximate surface area is 115 Å². The van der Waals surface area contributed by atoms with E-state index in [0.717, 1.165) is 13.0 Å². The van der Waals surface area contributed by atoms with Crippen molar-refractivity contribution in [3.05, 3.63) is 35.9 Å². The van der Waals surface area contributed by atoms with Crippen LogP contribution in [0, 0.1) is 16.7 Å². The van der Waals surface area contributed by atoms with Gasteiger partial charge in [0.1, 0.15) is 5.54 Å². The molecule has 0 aliphatic heterocycles. The number of benzene rings is 1. The van der Waals surface area contributed by atoms with E-state index in [1.807, 2.05) is 6.07 Å². The van der Waals surface area contributed by atoms with Crippen LogP contribution >= 0.6 is 0 Å². The van der Waals surface area contributed by atoms with Gasteiger partial charge < -0.3 is 0 Å². The summed E-state index contributed by atoms with van der Waals surface area (Å²) in [5, 5.41) is 13.4. The van der Waals surface area contributed by atoms with Crippen molar-refractivity contribution in [1.82, 2.24) is 5.32 Å². The zero-order valence-corrected chi connectivity index (χ0v) is 11.5. The van der Waals surface area contributed by atoms with Gasteiger partial charge in [-0.25, -0.2) is 0 Å². The van der Waals surface area contributed by atoms with Crippen molar-refractivity contribution in [2.45, 2.75) is 57.0 Å². The van der Waals surface area contributed by atoms with E-state index in [0.29, 0.717) is 0 Å². The molecule has 2 aliphatic carbocycles. The van der Waals surface area contributed by atoms with Crippen molar-refractivity contribution in [3.8, 4) is 6.07 Å². The van der Waals surface area contributed by atoms with Crippen LogP contribution in [-0.2, 0) is 6.54 Å². The molecule has 3 rings (SSSR count). The molecule has 100 valence electrons. The number of hydrogen-bond donors (Lipinski definition) is 1. The van der Waals surface area contributed by atoms with Crippen LogP contribution in [0.25, 0.3) is 0 Å². The van der Waals surface area contributed by atoms with Gasteiger partial charge in [-0.05, 0) is 37.7 Å². The van der Waals surface area contributed by atoms with E-state index in [2.05, 4.69) is 35.7 Å². The third-order valence-corrected chi connectivity index (χ3v) is 5.30. The minimum Gasteiger partial charge on any atom is -0.295 e. The smallest absolute Gasteiger partial charge is 0.112 e. The molecule has 0 amide bonds. The Balaban J connectivity index is 1.78. The van der Waals surface area contributed by atoms with Crippen LogP contribution in [0.4, 0.5) is 0 Å². The van der Waals surface area contributed by atoms with E-state index in [1.165, 1.54) is 44.1 Å². The van der Waals surface area contributed by atoms with Crippen molar-refractivity contribution >= 4 is 0 Å². The van der Waals surface area contributed by atoms with Gasteiger partial charge >= 0.3 is 0 Å². The minimum absolute atomic E-state index is 0.260. The maximum atomic E-state index is 9.81. The molecule has 0 radical (unpaired) electrons. The van der Waals surface area contributed by atoms with Gasteiger partial charge in [-0.1, -0.05) is 43.2 Å². The summed E-state index contributed by atoms with van der Waals surface area (Å²) in [6, 6.07) is 13.1. The molecule has 0 aromatic heterocycles. The Bertz CT molecular complexity index is 462. The molecule has 1 N–H and O–H groups in total. The summed E-state index contributed by atoms with van der Waals surface area (Å²) in [4.78, 5) is 0. The summed E-state index contributed by atoms with van der Waals surface area (Å²) in [7, 11) is 0. The second-order valence-electron chi connectivity index (χ2n) is 6.20. The Morgan fingerprint density at radius 3 is 2.37 bits per heavy atom. The van der Waals surface area contributed by atoms with Crippen molar-refractivity contribution in [1.29, 1.82) is 5.26 Å². The van der Waals surface area contributed by atoms with Crippen LogP contribution in [0.5, 0.6) is 0 Å². The van der Waals surface area contributed by atoms with Crippen LogP contribution in [0.3, 0.4) is 0 Å². The highest BCUT2D eigenvalue weighted by molar-refractivity contribution is 5.23. The molecule has 2 nitrogen and oxygen atoms in total. The first-order valence-electron chi connectivity index (χ1n) is 7.51. The van der Waals surface area contributed by atoms with E-state index < -0.39 is 0 Å². The van der Waals surface area contributed by atoms with Gasteiger partial charge in [0.15, 0.2) is 0 Å². The second kappa shape index (κ2) is 4.98. The average Bonchev–Trinajstić information content (AvgIpc) is 3.07. The first kappa shape index (κ1) is 12.7. The van der Waals surface area contributed by atoms with Crippen LogP contribution in [0.1, 0.15) is 50.5 Å². The quantitative estimate of drug-likeness (QED) is 0.891. The predicted octanol–water partition coefficient (Wildman–Crippen LogP) is 3.78. The first-order valence-corrected chi connectivity index (χ1v) is 7.51. The highest BCUT2D eigenvalue weighted by Crippen LogP contribution is 2.56. The van der Waals surface area contributed by atoms with Gasteiger partial charge in [-0.3, -0.25) is 5.32 Å². The molecule has 0 bridgehead atoms. The van der Waals surface area contributed by atoms with E-state index in [1.54, 1.807) is 0 Å². The van der Waals surface area contributed by atoms with E-state index >= 15 is 0 Å². The molecule has 1 spiro atoms. The highest BCUT2D eigenvalue weighted by Gasteiger charge is 2.55. The Morgan fingerprint density at radius 2 is 1.68 bits per heavy atom. The first-order chi connectivity index (χ1) is 9.30. The van der Waals surface area contributed by atoms with E-state index in [-0.39, 0.29) is 11.0 Å².